The number of hydrogen-bond donors (Lipinski definition) is 0. The van der Waals surface area contributed by atoms with Gasteiger partial charge < -0.3 is 19.3 Å². The second-order valence-corrected chi connectivity index (χ2v) is 8.72. The van der Waals surface area contributed by atoms with E-state index in [0.29, 0.717) is 32.2 Å². The highest BCUT2D eigenvalue weighted by Crippen LogP contribution is 2.23. The Morgan fingerprint density at radius 1 is 1.00 bits per heavy atom. The van der Waals surface area contributed by atoms with Crippen molar-refractivity contribution in [2.24, 2.45) is 5.92 Å². The summed E-state index contributed by atoms with van der Waals surface area (Å²) in [5.41, 5.74) is 1.54. The van der Waals surface area contributed by atoms with Gasteiger partial charge in [-0.1, -0.05) is 12.1 Å². The van der Waals surface area contributed by atoms with Crippen LogP contribution in [0.4, 0.5) is 4.79 Å². The van der Waals surface area contributed by atoms with Crippen molar-refractivity contribution in [2.45, 2.75) is 45.6 Å². The lowest BCUT2D eigenvalue weighted by atomic mass is 9.90. The van der Waals surface area contributed by atoms with Crippen molar-refractivity contribution in [3.05, 3.63) is 35.4 Å². The van der Waals surface area contributed by atoms with Crippen LogP contribution in [0.2, 0.25) is 0 Å². The van der Waals surface area contributed by atoms with Crippen LogP contribution in [0.15, 0.2) is 24.3 Å². The molecule has 0 unspecified atom stereocenters. The van der Waals surface area contributed by atoms with Crippen LogP contribution in [-0.4, -0.2) is 66.8 Å². The average molecular weight is 389 g/mol. The van der Waals surface area contributed by atoms with Gasteiger partial charge in [0.2, 0.25) is 0 Å². The first-order valence-corrected chi connectivity index (χ1v) is 10.3. The van der Waals surface area contributed by atoms with Crippen LogP contribution in [0.25, 0.3) is 0 Å². The van der Waals surface area contributed by atoms with Gasteiger partial charge in [0.05, 0.1) is 13.2 Å². The highest BCUT2D eigenvalue weighted by molar-refractivity contribution is 5.94. The van der Waals surface area contributed by atoms with Gasteiger partial charge >= 0.3 is 6.09 Å². The monoisotopic (exact) mass is 388 g/mol. The fourth-order valence-electron chi connectivity index (χ4n) is 3.71. The van der Waals surface area contributed by atoms with Gasteiger partial charge in [0, 0.05) is 31.7 Å². The SMILES string of the molecule is CC(C)(C)OC(=O)N1CCC(Cc2ccc(C(=O)N3CCOCC3)cc2)CC1. The van der Waals surface area contributed by atoms with E-state index in [2.05, 4.69) is 12.1 Å². The summed E-state index contributed by atoms with van der Waals surface area (Å²) in [5.74, 6) is 0.639. The number of nitrogens with zero attached hydrogens (tertiary/aromatic N) is 2. The molecule has 6 heteroatoms. The van der Waals surface area contributed by atoms with Gasteiger partial charge in [0.15, 0.2) is 0 Å². The number of ether oxygens (including phenoxy) is 2. The molecule has 0 bridgehead atoms. The number of benzene rings is 1. The van der Waals surface area contributed by atoms with Crippen molar-refractivity contribution in [2.75, 3.05) is 39.4 Å². The van der Waals surface area contributed by atoms with E-state index in [-0.39, 0.29) is 12.0 Å². The molecule has 2 heterocycles. The molecule has 0 atom stereocenters. The van der Waals surface area contributed by atoms with Gasteiger partial charge in [-0.15, -0.1) is 0 Å². The third-order valence-electron chi connectivity index (χ3n) is 5.29. The summed E-state index contributed by atoms with van der Waals surface area (Å²) < 4.78 is 10.8. The van der Waals surface area contributed by atoms with Crippen LogP contribution >= 0.6 is 0 Å². The molecule has 2 aliphatic heterocycles. The summed E-state index contributed by atoms with van der Waals surface area (Å²) in [6.07, 6.45) is 2.73. The molecule has 0 saturated carbocycles. The van der Waals surface area contributed by atoms with E-state index >= 15 is 0 Å². The number of carbonyl (C=O) groups is 2. The third-order valence-corrected chi connectivity index (χ3v) is 5.29. The number of morpholine rings is 1. The summed E-state index contributed by atoms with van der Waals surface area (Å²) in [7, 11) is 0. The fraction of sp³-hybridized carbons (Fsp3) is 0.636. The molecule has 0 aliphatic carbocycles. The number of amides is 2. The van der Waals surface area contributed by atoms with Crippen LogP contribution in [0.5, 0.6) is 0 Å². The standard InChI is InChI=1S/C22H32N2O4/c1-22(2,3)28-21(26)24-10-8-18(9-11-24)16-17-4-6-19(7-5-17)20(25)23-12-14-27-15-13-23/h4-7,18H,8-16H2,1-3H3. The Hall–Kier alpha value is -2.08. The molecule has 2 saturated heterocycles. The lowest BCUT2D eigenvalue weighted by Crippen LogP contribution is -2.42. The van der Waals surface area contributed by atoms with Crippen molar-refractivity contribution in [1.82, 2.24) is 9.80 Å². The summed E-state index contributed by atoms with van der Waals surface area (Å²) in [5, 5.41) is 0. The Morgan fingerprint density at radius 3 is 2.18 bits per heavy atom. The van der Waals surface area contributed by atoms with Crippen molar-refractivity contribution in [3.63, 3.8) is 0 Å². The van der Waals surface area contributed by atoms with Crippen molar-refractivity contribution >= 4 is 12.0 Å². The highest BCUT2D eigenvalue weighted by Gasteiger charge is 2.27. The minimum absolute atomic E-state index is 0.0838. The molecule has 1 aromatic carbocycles. The summed E-state index contributed by atoms with van der Waals surface area (Å²) in [4.78, 5) is 28.4. The second-order valence-electron chi connectivity index (χ2n) is 8.72. The zero-order valence-corrected chi connectivity index (χ0v) is 17.3. The molecule has 1 aromatic rings. The maximum Gasteiger partial charge on any atom is 0.410 e. The van der Waals surface area contributed by atoms with Crippen LogP contribution in [0.1, 0.15) is 49.5 Å². The largest absolute Gasteiger partial charge is 0.444 e. The first kappa shape index (κ1) is 20.6. The fourth-order valence-corrected chi connectivity index (χ4v) is 3.71. The normalized spacial score (nSPS) is 18.8. The molecule has 3 rings (SSSR count). The van der Waals surface area contributed by atoms with Crippen molar-refractivity contribution in [3.8, 4) is 0 Å². The van der Waals surface area contributed by atoms with E-state index in [1.165, 1.54) is 5.56 Å². The highest BCUT2D eigenvalue weighted by atomic mass is 16.6. The number of hydrogen-bond acceptors (Lipinski definition) is 4. The van der Waals surface area contributed by atoms with E-state index < -0.39 is 5.60 Å². The topological polar surface area (TPSA) is 59.1 Å². The number of rotatable bonds is 3. The van der Waals surface area contributed by atoms with Gasteiger partial charge in [0.25, 0.3) is 5.91 Å². The molecule has 2 amide bonds. The Balaban J connectivity index is 1.47. The quantitative estimate of drug-likeness (QED) is 0.797. The van der Waals surface area contributed by atoms with Gasteiger partial charge in [-0.2, -0.15) is 0 Å². The number of piperidine rings is 1. The summed E-state index contributed by atoms with van der Waals surface area (Å²) in [6, 6.07) is 7.99. The minimum atomic E-state index is -0.450. The Morgan fingerprint density at radius 2 is 1.61 bits per heavy atom. The van der Waals surface area contributed by atoms with Crippen LogP contribution in [-0.2, 0) is 15.9 Å². The summed E-state index contributed by atoms with van der Waals surface area (Å²) in [6.45, 7) is 9.73. The molecule has 2 aliphatic rings. The predicted octanol–water partition coefficient (Wildman–Crippen LogP) is 3.35. The van der Waals surface area contributed by atoms with Gasteiger partial charge in [0.1, 0.15) is 5.60 Å². The predicted molar refractivity (Wildman–Crippen MR) is 107 cm³/mol. The summed E-state index contributed by atoms with van der Waals surface area (Å²) >= 11 is 0. The molecular formula is C22H32N2O4. The average Bonchev–Trinajstić information content (AvgIpc) is 2.68. The van der Waals surface area contributed by atoms with Crippen LogP contribution in [0.3, 0.4) is 0 Å². The van der Waals surface area contributed by atoms with Crippen molar-refractivity contribution in [1.29, 1.82) is 0 Å². The smallest absolute Gasteiger partial charge is 0.410 e. The molecule has 0 spiro atoms. The van der Waals surface area contributed by atoms with Crippen LogP contribution < -0.4 is 0 Å². The molecule has 0 radical (unpaired) electrons. The maximum absolute atomic E-state index is 12.5. The van der Waals surface area contributed by atoms with E-state index in [9.17, 15) is 9.59 Å². The van der Waals surface area contributed by atoms with Gasteiger partial charge in [-0.3, -0.25) is 4.79 Å². The molecule has 28 heavy (non-hydrogen) atoms. The minimum Gasteiger partial charge on any atom is -0.444 e. The van der Waals surface area contributed by atoms with E-state index in [1.807, 2.05) is 42.7 Å². The van der Waals surface area contributed by atoms with Gasteiger partial charge in [-0.25, -0.2) is 4.79 Å². The Labute approximate surface area is 167 Å². The Kier molecular flexibility index (Phi) is 6.60. The van der Waals surface area contributed by atoms with Crippen molar-refractivity contribution < 1.29 is 19.1 Å². The lowest BCUT2D eigenvalue weighted by Gasteiger charge is -2.33. The molecule has 6 nitrogen and oxygen atoms in total. The first-order chi connectivity index (χ1) is 13.3. The Bertz CT molecular complexity index is 667. The maximum atomic E-state index is 12.5. The molecular weight excluding hydrogens is 356 g/mol. The number of likely N-dealkylation sites (tertiary alicyclic amines) is 1. The van der Waals surface area contributed by atoms with E-state index in [4.69, 9.17) is 9.47 Å². The van der Waals surface area contributed by atoms with Crippen LogP contribution in [0, 0.1) is 5.92 Å². The molecule has 2 fully saturated rings. The lowest BCUT2D eigenvalue weighted by molar-refractivity contribution is 0.0184. The third kappa shape index (κ3) is 5.71. The molecule has 0 N–H and O–H groups in total. The van der Waals surface area contributed by atoms with Gasteiger partial charge in [-0.05, 0) is 63.6 Å². The first-order valence-electron chi connectivity index (χ1n) is 10.3. The molecule has 0 aromatic heterocycles. The number of carbonyl (C=O) groups excluding carboxylic acids is 2. The zero-order valence-electron chi connectivity index (χ0n) is 17.3. The zero-order chi connectivity index (χ0) is 20.1. The van der Waals surface area contributed by atoms with E-state index in [1.54, 1.807) is 0 Å². The molecule has 154 valence electrons. The van der Waals surface area contributed by atoms with E-state index in [0.717, 1.165) is 37.9 Å². The second kappa shape index (κ2) is 8.95.